The summed E-state index contributed by atoms with van der Waals surface area (Å²) in [7, 11) is 4.11. The highest BCUT2D eigenvalue weighted by atomic mass is 16.3. The summed E-state index contributed by atoms with van der Waals surface area (Å²) in [5.74, 6) is 1.19. The Balaban J connectivity index is 2.40. The van der Waals surface area contributed by atoms with Crippen molar-refractivity contribution in [1.82, 2.24) is 9.88 Å². The molecule has 0 radical (unpaired) electrons. The number of anilines is 1. The fourth-order valence-corrected chi connectivity index (χ4v) is 3.44. The van der Waals surface area contributed by atoms with Gasteiger partial charge in [0.2, 0.25) is 0 Å². The van der Waals surface area contributed by atoms with Crippen LogP contribution in [0.3, 0.4) is 0 Å². The number of pyridine rings is 1. The predicted molar refractivity (Wildman–Crippen MR) is 82.4 cm³/mol. The molecule has 0 bridgehead atoms. The molecule has 1 saturated carbocycles. The largest absolute Gasteiger partial charge is 0.386 e. The second kappa shape index (κ2) is 5.70. The number of aromatic nitrogens is 1. The van der Waals surface area contributed by atoms with Gasteiger partial charge in [0.1, 0.15) is 11.9 Å². The standard InChI is InChI=1S/C16H27N3O/c1-11-5-8-16(9-6-11,19(3)4)14(20)13-12(2)7-10-18-15(13)17/h7,10-11,14,20H,5-6,8-9H2,1-4H3,(H2,17,18). The summed E-state index contributed by atoms with van der Waals surface area (Å²) in [6.07, 6.45) is 5.40. The molecule has 0 aliphatic heterocycles. The minimum absolute atomic E-state index is 0.228. The zero-order valence-electron chi connectivity index (χ0n) is 13.1. The Hall–Kier alpha value is -1.13. The number of aryl methyl sites for hydroxylation is 1. The lowest BCUT2D eigenvalue weighted by molar-refractivity contribution is -0.0408. The van der Waals surface area contributed by atoms with E-state index < -0.39 is 6.10 Å². The monoisotopic (exact) mass is 277 g/mol. The summed E-state index contributed by atoms with van der Waals surface area (Å²) < 4.78 is 0. The summed E-state index contributed by atoms with van der Waals surface area (Å²) in [4.78, 5) is 6.34. The van der Waals surface area contributed by atoms with Crippen molar-refractivity contribution in [1.29, 1.82) is 0 Å². The lowest BCUT2D eigenvalue weighted by Crippen LogP contribution is -2.51. The first kappa shape index (κ1) is 15.3. The molecule has 1 heterocycles. The van der Waals surface area contributed by atoms with Crippen molar-refractivity contribution in [2.24, 2.45) is 5.92 Å². The van der Waals surface area contributed by atoms with E-state index in [9.17, 15) is 5.11 Å². The van der Waals surface area contributed by atoms with Crippen molar-refractivity contribution in [3.8, 4) is 0 Å². The van der Waals surface area contributed by atoms with Gasteiger partial charge in [-0.1, -0.05) is 6.92 Å². The van der Waals surface area contributed by atoms with Gasteiger partial charge in [-0.2, -0.15) is 0 Å². The first-order valence-electron chi connectivity index (χ1n) is 7.45. The van der Waals surface area contributed by atoms with Crippen molar-refractivity contribution in [3.63, 3.8) is 0 Å². The van der Waals surface area contributed by atoms with Crippen LogP contribution in [0.2, 0.25) is 0 Å². The van der Waals surface area contributed by atoms with E-state index in [2.05, 4.69) is 30.9 Å². The highest BCUT2D eigenvalue weighted by Gasteiger charge is 2.44. The maximum absolute atomic E-state index is 11.1. The molecule has 0 amide bonds. The molecule has 0 aromatic carbocycles. The third-order valence-electron chi connectivity index (χ3n) is 5.05. The quantitative estimate of drug-likeness (QED) is 0.891. The van der Waals surface area contributed by atoms with Crippen LogP contribution in [0.4, 0.5) is 5.82 Å². The number of hydrogen-bond acceptors (Lipinski definition) is 4. The molecule has 1 aromatic rings. The summed E-state index contributed by atoms with van der Waals surface area (Å²) in [5.41, 5.74) is 7.62. The molecule has 1 aliphatic rings. The third-order valence-corrected chi connectivity index (χ3v) is 5.05. The molecular formula is C16H27N3O. The Morgan fingerprint density at radius 2 is 2.00 bits per heavy atom. The van der Waals surface area contributed by atoms with Crippen LogP contribution >= 0.6 is 0 Å². The van der Waals surface area contributed by atoms with Crippen LogP contribution in [0.25, 0.3) is 0 Å². The van der Waals surface area contributed by atoms with E-state index in [0.717, 1.165) is 42.7 Å². The van der Waals surface area contributed by atoms with Crippen LogP contribution in [0.1, 0.15) is 49.8 Å². The van der Waals surface area contributed by atoms with Gasteiger partial charge in [0.15, 0.2) is 0 Å². The van der Waals surface area contributed by atoms with E-state index >= 15 is 0 Å². The third kappa shape index (κ3) is 2.54. The van der Waals surface area contributed by atoms with Gasteiger partial charge >= 0.3 is 0 Å². The van der Waals surface area contributed by atoms with Crippen molar-refractivity contribution < 1.29 is 5.11 Å². The predicted octanol–water partition coefficient (Wildman–Crippen LogP) is 2.52. The molecule has 1 unspecified atom stereocenters. The van der Waals surface area contributed by atoms with Crippen molar-refractivity contribution in [2.45, 2.75) is 51.2 Å². The van der Waals surface area contributed by atoms with Crippen molar-refractivity contribution >= 4 is 5.82 Å². The maximum atomic E-state index is 11.1. The van der Waals surface area contributed by atoms with Crippen LogP contribution in [0.15, 0.2) is 12.3 Å². The zero-order chi connectivity index (χ0) is 14.9. The molecular weight excluding hydrogens is 250 g/mol. The number of aliphatic hydroxyl groups is 1. The molecule has 0 saturated heterocycles. The van der Waals surface area contributed by atoms with Gasteiger partial charge in [-0.15, -0.1) is 0 Å². The summed E-state index contributed by atoms with van der Waals surface area (Å²) in [5, 5.41) is 11.1. The normalized spacial score (nSPS) is 28.6. The number of nitrogens with zero attached hydrogens (tertiary/aromatic N) is 2. The zero-order valence-corrected chi connectivity index (χ0v) is 13.1. The Bertz CT molecular complexity index is 445. The van der Waals surface area contributed by atoms with Crippen LogP contribution in [-0.4, -0.2) is 34.6 Å². The Kier molecular flexibility index (Phi) is 4.35. The maximum Gasteiger partial charge on any atom is 0.129 e. The Morgan fingerprint density at radius 3 is 2.50 bits per heavy atom. The van der Waals surface area contributed by atoms with Gasteiger partial charge < -0.3 is 15.7 Å². The van der Waals surface area contributed by atoms with Crippen LogP contribution in [-0.2, 0) is 0 Å². The highest BCUT2D eigenvalue weighted by Crippen LogP contribution is 2.45. The number of aliphatic hydroxyl groups excluding tert-OH is 1. The summed E-state index contributed by atoms with van der Waals surface area (Å²) >= 11 is 0. The fraction of sp³-hybridized carbons (Fsp3) is 0.688. The molecule has 4 heteroatoms. The molecule has 1 fully saturated rings. The van der Waals surface area contributed by atoms with Crippen molar-refractivity contribution in [2.75, 3.05) is 19.8 Å². The molecule has 4 nitrogen and oxygen atoms in total. The minimum Gasteiger partial charge on any atom is -0.386 e. The SMILES string of the molecule is Cc1ccnc(N)c1C(O)C1(N(C)C)CCC(C)CC1. The average molecular weight is 277 g/mol. The molecule has 1 aromatic heterocycles. The van der Waals surface area contributed by atoms with E-state index in [4.69, 9.17) is 5.73 Å². The first-order chi connectivity index (χ1) is 9.38. The average Bonchev–Trinajstić information content (AvgIpc) is 2.39. The van der Waals surface area contributed by atoms with Crippen molar-refractivity contribution in [3.05, 3.63) is 23.4 Å². The summed E-state index contributed by atoms with van der Waals surface area (Å²) in [6.45, 7) is 4.28. The molecule has 1 atom stereocenters. The fourth-order valence-electron chi connectivity index (χ4n) is 3.44. The Morgan fingerprint density at radius 1 is 1.40 bits per heavy atom. The molecule has 0 spiro atoms. The van der Waals surface area contributed by atoms with E-state index in [1.54, 1.807) is 6.20 Å². The molecule has 2 rings (SSSR count). The van der Waals surface area contributed by atoms with E-state index in [0.29, 0.717) is 5.82 Å². The molecule has 20 heavy (non-hydrogen) atoms. The number of nitrogens with two attached hydrogens (primary N) is 1. The van der Waals surface area contributed by atoms with Gasteiger partial charge in [-0.25, -0.2) is 4.98 Å². The lowest BCUT2D eigenvalue weighted by atomic mass is 9.71. The smallest absolute Gasteiger partial charge is 0.129 e. The van der Waals surface area contributed by atoms with Crippen LogP contribution in [0, 0.1) is 12.8 Å². The second-order valence-corrected chi connectivity index (χ2v) is 6.51. The molecule has 3 N–H and O–H groups in total. The number of rotatable bonds is 3. The second-order valence-electron chi connectivity index (χ2n) is 6.51. The van der Waals surface area contributed by atoms with E-state index in [1.165, 1.54) is 0 Å². The first-order valence-corrected chi connectivity index (χ1v) is 7.45. The van der Waals surface area contributed by atoms with Gasteiger partial charge in [-0.05, 0) is 64.3 Å². The van der Waals surface area contributed by atoms with E-state index in [1.807, 2.05) is 13.0 Å². The Labute approximate surface area is 122 Å². The molecule has 112 valence electrons. The van der Waals surface area contributed by atoms with Crippen LogP contribution < -0.4 is 5.73 Å². The molecule has 1 aliphatic carbocycles. The van der Waals surface area contributed by atoms with E-state index in [-0.39, 0.29) is 5.54 Å². The summed E-state index contributed by atoms with van der Waals surface area (Å²) in [6, 6.07) is 1.92. The van der Waals surface area contributed by atoms with Gasteiger partial charge in [0.05, 0.1) is 5.54 Å². The minimum atomic E-state index is -0.585. The number of likely N-dealkylation sites (N-methyl/N-ethyl adjacent to an activating group) is 1. The number of nitrogen functional groups attached to an aromatic ring is 1. The van der Waals surface area contributed by atoms with Gasteiger partial charge in [0, 0.05) is 11.8 Å². The lowest BCUT2D eigenvalue weighted by Gasteiger charge is -2.48. The highest BCUT2D eigenvalue weighted by molar-refractivity contribution is 5.46. The topological polar surface area (TPSA) is 62.4 Å². The van der Waals surface area contributed by atoms with Gasteiger partial charge in [0.25, 0.3) is 0 Å². The van der Waals surface area contributed by atoms with Crippen LogP contribution in [0.5, 0.6) is 0 Å². The van der Waals surface area contributed by atoms with Gasteiger partial charge in [-0.3, -0.25) is 0 Å². The number of hydrogen-bond donors (Lipinski definition) is 2.